The van der Waals surface area contributed by atoms with Gasteiger partial charge in [0, 0.05) is 11.2 Å². The highest BCUT2D eigenvalue weighted by atomic mass is 35.5. The third-order valence-corrected chi connectivity index (χ3v) is 4.05. The maximum Gasteiger partial charge on any atom is 0.263 e. The van der Waals surface area contributed by atoms with Gasteiger partial charge in [-0.2, -0.15) is 5.26 Å². The molecule has 0 atom stereocenters. The van der Waals surface area contributed by atoms with Crippen LogP contribution in [0.3, 0.4) is 0 Å². The van der Waals surface area contributed by atoms with E-state index in [4.69, 9.17) is 16.9 Å². The molecule has 5 nitrogen and oxygen atoms in total. The third-order valence-electron chi connectivity index (χ3n) is 3.81. The first-order valence-corrected chi connectivity index (χ1v) is 8.20. The summed E-state index contributed by atoms with van der Waals surface area (Å²) in [6.07, 6.45) is 1.63. The molecule has 3 rings (SSSR count). The molecule has 0 saturated heterocycles. The first-order chi connectivity index (χ1) is 12.6. The molecule has 0 aliphatic rings. The number of benzene rings is 2. The first kappa shape index (κ1) is 17.5. The van der Waals surface area contributed by atoms with E-state index in [1.54, 1.807) is 18.3 Å². The smallest absolute Gasteiger partial charge is 0.263 e. The van der Waals surface area contributed by atoms with Gasteiger partial charge in [0.2, 0.25) is 0 Å². The van der Waals surface area contributed by atoms with E-state index in [0.29, 0.717) is 11.6 Å². The molecule has 0 spiro atoms. The van der Waals surface area contributed by atoms with E-state index >= 15 is 0 Å². The van der Waals surface area contributed by atoms with Crippen molar-refractivity contribution in [3.05, 3.63) is 98.9 Å². The van der Waals surface area contributed by atoms with E-state index < -0.39 is 11.5 Å². The quantitative estimate of drug-likeness (QED) is 0.768. The summed E-state index contributed by atoms with van der Waals surface area (Å²) in [6, 6.07) is 19.1. The van der Waals surface area contributed by atoms with Crippen LogP contribution < -0.4 is 10.9 Å². The van der Waals surface area contributed by atoms with E-state index in [0.717, 1.165) is 5.56 Å². The van der Waals surface area contributed by atoms with E-state index in [9.17, 15) is 9.59 Å². The van der Waals surface area contributed by atoms with Crippen molar-refractivity contribution in [2.75, 3.05) is 5.32 Å². The monoisotopic (exact) mass is 363 g/mol. The molecule has 0 saturated carbocycles. The van der Waals surface area contributed by atoms with Crippen molar-refractivity contribution in [3.63, 3.8) is 0 Å². The number of nitrogens with zero attached hydrogens (tertiary/aromatic N) is 2. The topological polar surface area (TPSA) is 74.9 Å². The highest BCUT2D eigenvalue weighted by molar-refractivity contribution is 6.31. The summed E-state index contributed by atoms with van der Waals surface area (Å²) in [5, 5.41) is 12.1. The van der Waals surface area contributed by atoms with Crippen LogP contribution in [0.4, 0.5) is 5.69 Å². The van der Waals surface area contributed by atoms with Crippen molar-refractivity contribution in [3.8, 4) is 6.07 Å². The van der Waals surface area contributed by atoms with E-state index in [1.807, 2.05) is 36.4 Å². The Hall–Kier alpha value is -3.36. The molecule has 128 valence electrons. The molecule has 0 bridgehead atoms. The minimum Gasteiger partial charge on any atom is -0.321 e. The molecule has 6 heteroatoms. The molecule has 2 aromatic carbocycles. The summed E-state index contributed by atoms with van der Waals surface area (Å²) >= 11 is 5.92. The van der Waals surface area contributed by atoms with Crippen LogP contribution in [-0.2, 0) is 6.54 Å². The van der Waals surface area contributed by atoms with Gasteiger partial charge in [0.05, 0.1) is 17.8 Å². The Bertz CT molecular complexity index is 1050. The molecule has 3 aromatic rings. The van der Waals surface area contributed by atoms with Gasteiger partial charge >= 0.3 is 0 Å². The Morgan fingerprint density at radius 3 is 2.62 bits per heavy atom. The molecule has 26 heavy (non-hydrogen) atoms. The fourth-order valence-electron chi connectivity index (χ4n) is 2.52. The summed E-state index contributed by atoms with van der Waals surface area (Å²) in [6.45, 7) is 0.363. The Labute approximate surface area is 155 Å². The number of carbonyl (C=O) groups is 1. The fraction of sp³-hybridized carbons (Fsp3) is 0.0500. The third kappa shape index (κ3) is 3.82. The maximum atomic E-state index is 12.6. The van der Waals surface area contributed by atoms with Crippen LogP contribution in [0.2, 0.25) is 5.02 Å². The van der Waals surface area contributed by atoms with Crippen LogP contribution in [0, 0.1) is 11.3 Å². The predicted molar refractivity (Wildman–Crippen MR) is 100 cm³/mol. The van der Waals surface area contributed by atoms with Gasteiger partial charge in [-0.25, -0.2) is 0 Å². The fourth-order valence-corrected chi connectivity index (χ4v) is 2.69. The minimum atomic E-state index is -0.587. The van der Waals surface area contributed by atoms with Crippen molar-refractivity contribution in [1.82, 2.24) is 4.57 Å². The summed E-state index contributed by atoms with van der Waals surface area (Å²) in [5.74, 6) is -0.587. The van der Waals surface area contributed by atoms with Gasteiger partial charge in [-0.3, -0.25) is 9.59 Å². The Morgan fingerprint density at radius 2 is 1.88 bits per heavy atom. The van der Waals surface area contributed by atoms with Gasteiger partial charge in [0.1, 0.15) is 11.6 Å². The van der Waals surface area contributed by atoms with Gasteiger partial charge in [0.25, 0.3) is 11.5 Å². The van der Waals surface area contributed by atoms with Gasteiger partial charge in [0.15, 0.2) is 0 Å². The second-order valence-electron chi connectivity index (χ2n) is 5.60. The number of aromatic nitrogens is 1. The zero-order valence-electron chi connectivity index (χ0n) is 13.6. The van der Waals surface area contributed by atoms with Crippen LogP contribution in [0.25, 0.3) is 0 Å². The van der Waals surface area contributed by atoms with Crippen LogP contribution >= 0.6 is 11.6 Å². The summed E-state index contributed by atoms with van der Waals surface area (Å²) in [4.78, 5) is 25.2. The lowest BCUT2D eigenvalue weighted by Gasteiger charge is -2.10. The Kier molecular flexibility index (Phi) is 5.16. The second-order valence-corrected chi connectivity index (χ2v) is 6.03. The minimum absolute atomic E-state index is 0.00713. The van der Waals surface area contributed by atoms with Crippen molar-refractivity contribution >= 4 is 23.2 Å². The molecular formula is C20H14ClN3O2. The average molecular weight is 364 g/mol. The largest absolute Gasteiger partial charge is 0.321 e. The van der Waals surface area contributed by atoms with Crippen LogP contribution in [-0.4, -0.2) is 10.5 Å². The average Bonchev–Trinajstić information content (AvgIpc) is 2.64. The lowest BCUT2D eigenvalue weighted by atomic mass is 10.1. The SMILES string of the molecule is N#Cc1ccc(Cl)cc1NC(=O)c1cccn(Cc2ccccc2)c1=O. The molecule has 0 aliphatic carbocycles. The maximum absolute atomic E-state index is 12.6. The highest BCUT2D eigenvalue weighted by Gasteiger charge is 2.14. The number of nitriles is 1. The molecule has 1 heterocycles. The number of hydrogen-bond acceptors (Lipinski definition) is 3. The summed E-state index contributed by atoms with van der Waals surface area (Å²) < 4.78 is 1.47. The number of anilines is 1. The van der Waals surface area contributed by atoms with Gasteiger partial charge in [-0.1, -0.05) is 41.9 Å². The Balaban J connectivity index is 1.89. The number of amides is 1. The number of pyridine rings is 1. The van der Waals surface area contributed by atoms with Crippen molar-refractivity contribution in [1.29, 1.82) is 5.26 Å². The Morgan fingerprint density at radius 1 is 1.12 bits per heavy atom. The first-order valence-electron chi connectivity index (χ1n) is 7.83. The van der Waals surface area contributed by atoms with Crippen LogP contribution in [0.1, 0.15) is 21.5 Å². The highest BCUT2D eigenvalue weighted by Crippen LogP contribution is 2.20. The molecule has 0 radical (unpaired) electrons. The van der Waals surface area contributed by atoms with E-state index in [-0.39, 0.29) is 16.8 Å². The summed E-state index contributed by atoms with van der Waals surface area (Å²) in [5.41, 5.74) is 1.07. The molecule has 0 unspecified atom stereocenters. The van der Waals surface area contributed by atoms with Gasteiger partial charge in [-0.15, -0.1) is 0 Å². The van der Waals surface area contributed by atoms with Crippen LogP contribution in [0.5, 0.6) is 0 Å². The predicted octanol–water partition coefficient (Wildman–Crippen LogP) is 3.67. The van der Waals surface area contributed by atoms with Gasteiger partial charge < -0.3 is 9.88 Å². The molecule has 0 aliphatic heterocycles. The van der Waals surface area contributed by atoms with Crippen molar-refractivity contribution in [2.24, 2.45) is 0 Å². The van der Waals surface area contributed by atoms with Gasteiger partial charge in [-0.05, 0) is 35.9 Å². The number of rotatable bonds is 4. The number of nitrogens with one attached hydrogen (secondary N) is 1. The molecular weight excluding hydrogens is 350 g/mol. The van der Waals surface area contributed by atoms with Crippen molar-refractivity contribution < 1.29 is 4.79 Å². The number of carbonyl (C=O) groups excluding carboxylic acids is 1. The van der Waals surface area contributed by atoms with E-state index in [1.165, 1.54) is 22.8 Å². The molecule has 1 N–H and O–H groups in total. The van der Waals surface area contributed by atoms with E-state index in [2.05, 4.69) is 5.32 Å². The lowest BCUT2D eigenvalue weighted by molar-refractivity contribution is 0.102. The zero-order chi connectivity index (χ0) is 18.5. The zero-order valence-corrected chi connectivity index (χ0v) is 14.4. The standard InChI is InChI=1S/C20H14ClN3O2/c21-16-9-8-15(12-22)18(11-16)23-19(25)17-7-4-10-24(20(17)26)13-14-5-2-1-3-6-14/h1-11H,13H2,(H,23,25). The number of halogens is 1. The number of hydrogen-bond donors (Lipinski definition) is 1. The molecule has 1 amide bonds. The normalized spacial score (nSPS) is 10.2. The lowest BCUT2D eigenvalue weighted by Crippen LogP contribution is -2.29. The molecule has 0 fully saturated rings. The van der Waals surface area contributed by atoms with Crippen LogP contribution in [0.15, 0.2) is 71.7 Å². The van der Waals surface area contributed by atoms with Crippen molar-refractivity contribution in [2.45, 2.75) is 6.54 Å². The summed E-state index contributed by atoms with van der Waals surface area (Å²) in [7, 11) is 0. The second kappa shape index (κ2) is 7.68. The molecule has 1 aromatic heterocycles.